The average molecular weight is 662 g/mol. The summed E-state index contributed by atoms with van der Waals surface area (Å²) in [5.74, 6) is -0.619. The van der Waals surface area contributed by atoms with Gasteiger partial charge in [0, 0.05) is 68.5 Å². The Balaban J connectivity index is 1.02. The number of aromatic hydroxyl groups is 1. The molecule has 3 aliphatic rings. The summed E-state index contributed by atoms with van der Waals surface area (Å²) in [5.41, 5.74) is 3.09. The number of piperidine rings is 1. The van der Waals surface area contributed by atoms with E-state index in [9.17, 15) is 30.3 Å². The van der Waals surface area contributed by atoms with E-state index in [1.54, 1.807) is 31.6 Å². The number of hydrogen-bond donors (Lipinski definition) is 5. The molecule has 0 aliphatic carbocycles. The van der Waals surface area contributed by atoms with Gasteiger partial charge in [0.2, 0.25) is 6.29 Å². The smallest absolute Gasteiger partial charge is 0.335 e. The first-order valence-corrected chi connectivity index (χ1v) is 16.1. The lowest BCUT2D eigenvalue weighted by atomic mass is 9.99. The van der Waals surface area contributed by atoms with E-state index < -0.39 is 36.7 Å². The van der Waals surface area contributed by atoms with Crippen molar-refractivity contribution in [3.8, 4) is 17.2 Å². The van der Waals surface area contributed by atoms with Crippen molar-refractivity contribution in [2.24, 2.45) is 0 Å². The third-order valence-corrected chi connectivity index (χ3v) is 9.74. The molecule has 0 amide bonds. The molecule has 0 bridgehead atoms. The zero-order valence-electron chi connectivity index (χ0n) is 26.4. The Labute approximate surface area is 276 Å². The molecule has 0 radical (unpaired) electrons. The molecule has 14 nitrogen and oxygen atoms in total. The number of ether oxygens (including phenoxy) is 3. The number of benzene rings is 2. The minimum absolute atomic E-state index is 0.117. The molecular weight excluding hydrogens is 622 g/mol. The number of pyridine rings is 2. The van der Waals surface area contributed by atoms with Crippen LogP contribution in [0.4, 0.5) is 11.4 Å². The van der Waals surface area contributed by atoms with E-state index in [0.717, 1.165) is 68.7 Å². The van der Waals surface area contributed by atoms with Crippen molar-refractivity contribution in [3.05, 3.63) is 54.9 Å². The van der Waals surface area contributed by atoms with Crippen LogP contribution in [0.15, 0.2) is 54.9 Å². The molecule has 14 heteroatoms. The van der Waals surface area contributed by atoms with Gasteiger partial charge in [-0.05, 0) is 49.2 Å². The average Bonchev–Trinajstić information content (AvgIpc) is 3.11. The number of fused-ring (bicyclic) bond motifs is 2. The summed E-state index contributed by atoms with van der Waals surface area (Å²) >= 11 is 0. The lowest BCUT2D eigenvalue weighted by Gasteiger charge is -2.44. The summed E-state index contributed by atoms with van der Waals surface area (Å²) < 4.78 is 16.7. The van der Waals surface area contributed by atoms with E-state index in [4.69, 9.17) is 14.2 Å². The fourth-order valence-electron chi connectivity index (χ4n) is 7.17. The Kier molecular flexibility index (Phi) is 8.83. The molecule has 3 saturated heterocycles. The molecule has 5 atom stereocenters. The monoisotopic (exact) mass is 661 g/mol. The van der Waals surface area contributed by atoms with Crippen molar-refractivity contribution >= 4 is 39.1 Å². The highest BCUT2D eigenvalue weighted by molar-refractivity contribution is 5.97. The summed E-state index contributed by atoms with van der Waals surface area (Å²) in [4.78, 5) is 27.8. The second kappa shape index (κ2) is 13.2. The summed E-state index contributed by atoms with van der Waals surface area (Å²) in [6.07, 6.45) is -3.16. The molecule has 3 fully saturated rings. The Hall–Kier alpha value is -4.47. The van der Waals surface area contributed by atoms with E-state index in [1.165, 1.54) is 0 Å². The number of aliphatic hydroxyl groups is 3. The third-order valence-electron chi connectivity index (χ3n) is 9.74. The minimum Gasteiger partial charge on any atom is -0.503 e. The fourth-order valence-corrected chi connectivity index (χ4v) is 7.17. The molecule has 7 rings (SSSR count). The second-order valence-corrected chi connectivity index (χ2v) is 12.4. The van der Waals surface area contributed by atoms with Crippen LogP contribution in [0.5, 0.6) is 17.2 Å². The SMILES string of the molecule is COc1cc2cccnc2c(N2CCN(C3CCN(c4ccc(OC5OC(C(=O)O)C(O)C(O)C5O)c5cccnc45)CC3)CC2)c1O. The predicted octanol–water partition coefficient (Wildman–Crippen LogP) is 1.56. The third kappa shape index (κ3) is 5.79. The number of carbonyl (C=O) groups is 1. The quantitative estimate of drug-likeness (QED) is 0.192. The van der Waals surface area contributed by atoms with Crippen LogP contribution >= 0.6 is 0 Å². The number of hydrogen-bond acceptors (Lipinski definition) is 13. The molecule has 48 heavy (non-hydrogen) atoms. The van der Waals surface area contributed by atoms with Crippen molar-refractivity contribution in [1.29, 1.82) is 0 Å². The Morgan fingerprint density at radius 2 is 1.56 bits per heavy atom. The van der Waals surface area contributed by atoms with Crippen molar-refractivity contribution < 1.29 is 44.5 Å². The second-order valence-electron chi connectivity index (χ2n) is 12.4. The largest absolute Gasteiger partial charge is 0.503 e. The van der Waals surface area contributed by atoms with E-state index >= 15 is 0 Å². The molecular formula is C34H39N5O9. The van der Waals surface area contributed by atoms with Crippen LogP contribution in [0.2, 0.25) is 0 Å². The molecule has 5 heterocycles. The van der Waals surface area contributed by atoms with Gasteiger partial charge in [0.15, 0.2) is 17.6 Å². The van der Waals surface area contributed by atoms with Crippen molar-refractivity contribution in [2.75, 3.05) is 56.2 Å². The van der Waals surface area contributed by atoms with Crippen LogP contribution in [0, 0.1) is 0 Å². The van der Waals surface area contributed by atoms with Crippen molar-refractivity contribution in [1.82, 2.24) is 14.9 Å². The molecule has 2 aromatic carbocycles. The maximum atomic E-state index is 11.6. The number of nitrogens with zero attached hydrogens (tertiary/aromatic N) is 5. The van der Waals surface area contributed by atoms with Crippen molar-refractivity contribution in [3.63, 3.8) is 0 Å². The van der Waals surface area contributed by atoms with E-state index in [1.807, 2.05) is 30.3 Å². The first kappa shape index (κ1) is 32.1. The van der Waals surface area contributed by atoms with Gasteiger partial charge >= 0.3 is 5.97 Å². The lowest BCUT2D eigenvalue weighted by Crippen LogP contribution is -2.61. The van der Waals surface area contributed by atoms with E-state index in [-0.39, 0.29) is 5.75 Å². The molecule has 0 saturated carbocycles. The van der Waals surface area contributed by atoms with Gasteiger partial charge in [-0.2, -0.15) is 0 Å². The van der Waals surface area contributed by atoms with Gasteiger partial charge in [0.1, 0.15) is 29.7 Å². The molecule has 2 aromatic heterocycles. The van der Waals surface area contributed by atoms with E-state index in [0.29, 0.717) is 34.1 Å². The number of aliphatic carboxylic acids is 1. The molecule has 3 aliphatic heterocycles. The molecule has 4 aromatic rings. The summed E-state index contributed by atoms with van der Waals surface area (Å²) in [6.45, 7) is 4.86. The van der Waals surface area contributed by atoms with E-state index in [2.05, 4.69) is 24.7 Å². The minimum atomic E-state index is -1.80. The summed E-state index contributed by atoms with van der Waals surface area (Å²) in [7, 11) is 1.56. The van der Waals surface area contributed by atoms with Gasteiger partial charge < -0.3 is 49.5 Å². The lowest BCUT2D eigenvalue weighted by molar-refractivity contribution is -0.270. The number of carboxylic acid groups (broad SMARTS) is 1. The number of phenolic OH excluding ortho intramolecular Hbond substituents is 1. The number of aliphatic hydroxyl groups excluding tert-OH is 3. The van der Waals surface area contributed by atoms with Crippen LogP contribution in [0.25, 0.3) is 21.8 Å². The molecule has 5 unspecified atom stereocenters. The topological polar surface area (TPSA) is 181 Å². The number of methoxy groups -OCH3 is 1. The first-order valence-electron chi connectivity index (χ1n) is 16.1. The number of anilines is 2. The molecule has 5 N–H and O–H groups in total. The molecule has 254 valence electrons. The fraction of sp³-hybridized carbons (Fsp3) is 0.441. The van der Waals surface area contributed by atoms with Gasteiger partial charge in [-0.15, -0.1) is 0 Å². The zero-order chi connectivity index (χ0) is 33.5. The number of rotatable bonds is 7. The predicted molar refractivity (Wildman–Crippen MR) is 176 cm³/mol. The van der Waals surface area contributed by atoms with Gasteiger partial charge in [-0.25, -0.2) is 4.79 Å². The Bertz CT molecular complexity index is 1790. The normalized spacial score (nSPS) is 25.8. The van der Waals surface area contributed by atoms with Gasteiger partial charge in [0.05, 0.1) is 23.8 Å². The standard InChI is InChI=1S/C34H39N5O9/c1-46-24-18-19-4-2-10-35-25(19)27(28(24)40)39-16-14-37(15-17-39)20-8-12-38(13-9-20)22-6-7-23(21-5-3-11-36-26(21)22)47-34-31(43)29(41)30(42)32(48-34)33(44)45/h2-7,10-11,18,20,29-32,34,40-43H,8-9,12-17H2,1H3,(H,44,45). The van der Waals surface area contributed by atoms with Gasteiger partial charge in [0.25, 0.3) is 0 Å². The first-order chi connectivity index (χ1) is 23.2. The zero-order valence-corrected chi connectivity index (χ0v) is 26.4. The number of piperazine rings is 1. The highest BCUT2D eigenvalue weighted by Crippen LogP contribution is 2.43. The number of phenols is 1. The van der Waals surface area contributed by atoms with Crippen LogP contribution < -0.4 is 19.3 Å². The maximum absolute atomic E-state index is 11.6. The molecule has 0 spiro atoms. The van der Waals surface area contributed by atoms with Crippen molar-refractivity contribution in [2.45, 2.75) is 49.6 Å². The number of aromatic nitrogens is 2. The van der Waals surface area contributed by atoms with Crippen LogP contribution in [0.3, 0.4) is 0 Å². The van der Waals surface area contributed by atoms with Crippen LogP contribution in [-0.2, 0) is 9.53 Å². The van der Waals surface area contributed by atoms with Crippen LogP contribution in [0.1, 0.15) is 12.8 Å². The van der Waals surface area contributed by atoms with Gasteiger partial charge in [-0.3, -0.25) is 14.9 Å². The Morgan fingerprint density at radius 3 is 2.27 bits per heavy atom. The number of carboxylic acids is 1. The summed E-state index contributed by atoms with van der Waals surface area (Å²) in [5, 5.41) is 52.7. The summed E-state index contributed by atoms with van der Waals surface area (Å²) in [6, 6.07) is 13.3. The highest BCUT2D eigenvalue weighted by Gasteiger charge is 2.48. The van der Waals surface area contributed by atoms with Gasteiger partial charge in [-0.1, -0.05) is 6.07 Å². The Morgan fingerprint density at radius 1 is 0.854 bits per heavy atom. The van der Waals surface area contributed by atoms with Crippen LogP contribution in [-0.4, -0.2) is 129 Å². The highest BCUT2D eigenvalue weighted by atomic mass is 16.7. The maximum Gasteiger partial charge on any atom is 0.335 e.